The maximum atomic E-state index is 11.0. The van der Waals surface area contributed by atoms with Crippen LogP contribution < -0.4 is 5.32 Å². The maximum absolute atomic E-state index is 11.0. The second-order valence-electron chi connectivity index (χ2n) is 2.73. The summed E-state index contributed by atoms with van der Waals surface area (Å²) >= 11 is 0. The van der Waals surface area contributed by atoms with Gasteiger partial charge in [0.05, 0.1) is 0 Å². The minimum atomic E-state index is 0.000000000000000222. The SMILES string of the molecule is C=C1C=C(C(C)C)C(=O)N1. The topological polar surface area (TPSA) is 29.1 Å². The second kappa shape index (κ2) is 2.29. The molecule has 1 heterocycles. The van der Waals surface area contributed by atoms with E-state index < -0.39 is 0 Å². The van der Waals surface area contributed by atoms with E-state index >= 15 is 0 Å². The Bertz CT molecular complexity index is 213. The van der Waals surface area contributed by atoms with Gasteiger partial charge in [0.2, 0.25) is 0 Å². The minimum Gasteiger partial charge on any atom is -0.323 e. The van der Waals surface area contributed by atoms with Gasteiger partial charge in [-0.3, -0.25) is 4.79 Å². The molecular weight excluding hydrogens is 126 g/mol. The molecule has 0 fully saturated rings. The van der Waals surface area contributed by atoms with Gasteiger partial charge in [0.25, 0.3) is 5.91 Å². The van der Waals surface area contributed by atoms with Gasteiger partial charge in [-0.1, -0.05) is 20.4 Å². The Hall–Kier alpha value is -1.05. The number of amides is 1. The predicted molar refractivity (Wildman–Crippen MR) is 40.2 cm³/mol. The van der Waals surface area contributed by atoms with E-state index in [1.807, 2.05) is 13.8 Å². The van der Waals surface area contributed by atoms with Crippen molar-refractivity contribution < 1.29 is 4.79 Å². The molecule has 54 valence electrons. The highest BCUT2D eigenvalue weighted by atomic mass is 16.1. The molecule has 0 saturated carbocycles. The fourth-order valence-electron chi connectivity index (χ4n) is 0.936. The summed E-state index contributed by atoms with van der Waals surface area (Å²) in [7, 11) is 0. The molecule has 0 aliphatic carbocycles. The van der Waals surface area contributed by atoms with Crippen molar-refractivity contribution in [2.75, 3.05) is 0 Å². The van der Waals surface area contributed by atoms with Crippen LogP contribution in [0.2, 0.25) is 0 Å². The molecule has 0 unspecified atom stereocenters. The highest BCUT2D eigenvalue weighted by Crippen LogP contribution is 2.16. The number of carbonyl (C=O) groups excluding carboxylic acids is 1. The lowest BCUT2D eigenvalue weighted by Crippen LogP contribution is -2.17. The Morgan fingerprint density at radius 2 is 2.20 bits per heavy atom. The molecule has 0 aromatic rings. The average molecular weight is 137 g/mol. The molecule has 2 nitrogen and oxygen atoms in total. The first-order valence-electron chi connectivity index (χ1n) is 3.33. The number of allylic oxidation sites excluding steroid dienone is 1. The second-order valence-corrected chi connectivity index (χ2v) is 2.73. The number of carbonyl (C=O) groups is 1. The zero-order valence-corrected chi connectivity index (χ0v) is 6.27. The number of hydrogen-bond acceptors (Lipinski definition) is 1. The van der Waals surface area contributed by atoms with Gasteiger partial charge in [-0.2, -0.15) is 0 Å². The molecule has 0 spiro atoms. The molecular formula is C8H11NO. The third-order valence-electron chi connectivity index (χ3n) is 1.49. The lowest BCUT2D eigenvalue weighted by Gasteiger charge is -2.01. The molecule has 0 atom stereocenters. The Kier molecular flexibility index (Phi) is 1.62. The first kappa shape index (κ1) is 7.06. The summed E-state index contributed by atoms with van der Waals surface area (Å²) in [6.45, 7) is 7.61. The van der Waals surface area contributed by atoms with E-state index in [0.717, 1.165) is 5.57 Å². The lowest BCUT2D eigenvalue weighted by atomic mass is 10.0. The average Bonchev–Trinajstić information content (AvgIpc) is 2.10. The van der Waals surface area contributed by atoms with Crippen LogP contribution in [-0.2, 0) is 4.79 Å². The van der Waals surface area contributed by atoms with Crippen LogP contribution in [0.5, 0.6) is 0 Å². The zero-order valence-electron chi connectivity index (χ0n) is 6.27. The molecule has 1 amide bonds. The lowest BCUT2D eigenvalue weighted by molar-refractivity contribution is -0.116. The summed E-state index contributed by atoms with van der Waals surface area (Å²) in [5.74, 6) is 0.291. The number of nitrogens with one attached hydrogen (secondary N) is 1. The Morgan fingerprint density at radius 1 is 1.60 bits per heavy atom. The van der Waals surface area contributed by atoms with Gasteiger partial charge >= 0.3 is 0 Å². The van der Waals surface area contributed by atoms with Crippen molar-refractivity contribution in [1.82, 2.24) is 5.32 Å². The van der Waals surface area contributed by atoms with Gasteiger partial charge in [0.15, 0.2) is 0 Å². The van der Waals surface area contributed by atoms with Gasteiger partial charge in [-0.25, -0.2) is 0 Å². The normalized spacial score (nSPS) is 17.7. The molecule has 0 bridgehead atoms. The molecule has 1 rings (SSSR count). The predicted octanol–water partition coefficient (Wildman–Crippen LogP) is 1.21. The van der Waals surface area contributed by atoms with Crippen LogP contribution in [0.3, 0.4) is 0 Å². The summed E-state index contributed by atoms with van der Waals surface area (Å²) in [5, 5.41) is 2.62. The van der Waals surface area contributed by atoms with Crippen LogP contribution in [0.25, 0.3) is 0 Å². The molecule has 0 saturated heterocycles. The highest BCUT2D eigenvalue weighted by molar-refractivity contribution is 5.98. The summed E-state index contributed by atoms with van der Waals surface area (Å²) < 4.78 is 0. The molecule has 1 aliphatic rings. The Morgan fingerprint density at radius 3 is 2.40 bits per heavy atom. The molecule has 1 N–H and O–H groups in total. The van der Waals surface area contributed by atoms with Gasteiger partial charge in [0.1, 0.15) is 0 Å². The molecule has 1 aliphatic heterocycles. The van der Waals surface area contributed by atoms with Crippen molar-refractivity contribution in [3.8, 4) is 0 Å². The van der Waals surface area contributed by atoms with Crippen molar-refractivity contribution in [3.63, 3.8) is 0 Å². The number of rotatable bonds is 1. The van der Waals surface area contributed by atoms with E-state index in [4.69, 9.17) is 0 Å². The van der Waals surface area contributed by atoms with Crippen LogP contribution in [0.15, 0.2) is 23.9 Å². The van der Waals surface area contributed by atoms with Gasteiger partial charge in [0, 0.05) is 11.3 Å². The zero-order chi connectivity index (χ0) is 7.72. The first-order valence-corrected chi connectivity index (χ1v) is 3.33. The van der Waals surface area contributed by atoms with Gasteiger partial charge < -0.3 is 5.32 Å². The van der Waals surface area contributed by atoms with Gasteiger partial charge in [-0.15, -0.1) is 0 Å². The molecule has 0 aromatic carbocycles. The molecule has 2 heteroatoms. The Labute approximate surface area is 60.6 Å². The first-order chi connectivity index (χ1) is 4.61. The largest absolute Gasteiger partial charge is 0.323 e. The van der Waals surface area contributed by atoms with Crippen molar-refractivity contribution in [1.29, 1.82) is 0 Å². The van der Waals surface area contributed by atoms with Crippen molar-refractivity contribution in [2.24, 2.45) is 5.92 Å². The minimum absolute atomic E-state index is 0.000000000000000222. The third kappa shape index (κ3) is 1.10. The summed E-state index contributed by atoms with van der Waals surface area (Å²) in [4.78, 5) is 11.0. The summed E-state index contributed by atoms with van der Waals surface area (Å²) in [6.07, 6.45) is 1.80. The summed E-state index contributed by atoms with van der Waals surface area (Å²) in [5.41, 5.74) is 1.53. The van der Waals surface area contributed by atoms with Crippen molar-refractivity contribution >= 4 is 5.91 Å². The summed E-state index contributed by atoms with van der Waals surface area (Å²) in [6, 6.07) is 0. The monoisotopic (exact) mass is 137 g/mol. The van der Waals surface area contributed by atoms with E-state index in [1.165, 1.54) is 0 Å². The Balaban J connectivity index is 2.85. The van der Waals surface area contributed by atoms with Crippen LogP contribution in [0, 0.1) is 5.92 Å². The van der Waals surface area contributed by atoms with E-state index in [0.29, 0.717) is 11.6 Å². The van der Waals surface area contributed by atoms with Crippen LogP contribution in [-0.4, -0.2) is 5.91 Å². The molecule has 0 radical (unpaired) electrons. The molecule has 0 aromatic heterocycles. The smallest absolute Gasteiger partial charge is 0.251 e. The van der Waals surface area contributed by atoms with Crippen molar-refractivity contribution in [2.45, 2.75) is 13.8 Å². The van der Waals surface area contributed by atoms with Crippen LogP contribution >= 0.6 is 0 Å². The quantitative estimate of drug-likeness (QED) is 0.578. The van der Waals surface area contributed by atoms with E-state index in [2.05, 4.69) is 11.9 Å². The third-order valence-corrected chi connectivity index (χ3v) is 1.49. The van der Waals surface area contributed by atoms with E-state index in [-0.39, 0.29) is 5.91 Å². The van der Waals surface area contributed by atoms with Crippen LogP contribution in [0.1, 0.15) is 13.8 Å². The molecule has 10 heavy (non-hydrogen) atoms. The van der Waals surface area contributed by atoms with Crippen LogP contribution in [0.4, 0.5) is 0 Å². The van der Waals surface area contributed by atoms with E-state index in [1.54, 1.807) is 6.08 Å². The fourth-order valence-corrected chi connectivity index (χ4v) is 0.936. The van der Waals surface area contributed by atoms with Gasteiger partial charge in [-0.05, 0) is 12.0 Å². The van der Waals surface area contributed by atoms with Crippen molar-refractivity contribution in [3.05, 3.63) is 23.9 Å². The fraction of sp³-hybridized carbons (Fsp3) is 0.375. The highest BCUT2D eigenvalue weighted by Gasteiger charge is 2.18. The standard InChI is InChI=1S/C8H11NO/c1-5(2)7-4-6(3)9-8(7)10/h4-5H,3H2,1-2H3,(H,9,10). The van der Waals surface area contributed by atoms with E-state index in [9.17, 15) is 4.79 Å². The number of hydrogen-bond donors (Lipinski definition) is 1. The maximum Gasteiger partial charge on any atom is 0.251 e.